The number of carbonyl (C=O) groups is 1. The molecule has 0 saturated carbocycles. The second kappa shape index (κ2) is 7.07. The van der Waals surface area contributed by atoms with Crippen molar-refractivity contribution >= 4 is 5.91 Å². The summed E-state index contributed by atoms with van der Waals surface area (Å²) in [5, 5.41) is 12.1. The quantitative estimate of drug-likeness (QED) is 0.703. The van der Waals surface area contributed by atoms with E-state index < -0.39 is 0 Å². The molecule has 0 saturated heterocycles. The van der Waals surface area contributed by atoms with Crippen LogP contribution in [0.4, 0.5) is 0 Å². The number of pyridine rings is 1. The largest absolute Gasteiger partial charge is 0.336 e. The SMILES string of the molecule is Cc1nn(C(C)C)c(C)c1CN(C)C(=O)c1cccc(-n2cnnc2)n1. The third-order valence-corrected chi connectivity index (χ3v) is 4.34. The summed E-state index contributed by atoms with van der Waals surface area (Å²) in [6.45, 7) is 8.70. The van der Waals surface area contributed by atoms with Crippen LogP contribution < -0.4 is 0 Å². The maximum atomic E-state index is 12.8. The molecule has 0 aliphatic heterocycles. The summed E-state index contributed by atoms with van der Waals surface area (Å²) in [7, 11) is 1.78. The van der Waals surface area contributed by atoms with Crippen LogP contribution in [-0.4, -0.2) is 47.4 Å². The zero-order valence-corrected chi connectivity index (χ0v) is 15.7. The van der Waals surface area contributed by atoms with Crippen molar-refractivity contribution in [3.05, 3.63) is 53.5 Å². The van der Waals surface area contributed by atoms with Gasteiger partial charge in [0, 0.05) is 30.9 Å². The van der Waals surface area contributed by atoms with E-state index in [0.717, 1.165) is 17.0 Å². The molecule has 0 aliphatic carbocycles. The van der Waals surface area contributed by atoms with Gasteiger partial charge in [-0.2, -0.15) is 5.10 Å². The summed E-state index contributed by atoms with van der Waals surface area (Å²) in [6, 6.07) is 5.60. The summed E-state index contributed by atoms with van der Waals surface area (Å²) >= 11 is 0. The zero-order chi connectivity index (χ0) is 18.8. The molecule has 3 aromatic heterocycles. The maximum absolute atomic E-state index is 12.8. The van der Waals surface area contributed by atoms with Gasteiger partial charge in [0.15, 0.2) is 0 Å². The minimum Gasteiger partial charge on any atom is -0.336 e. The fraction of sp³-hybridized carbons (Fsp3) is 0.389. The van der Waals surface area contributed by atoms with E-state index >= 15 is 0 Å². The Labute approximate surface area is 152 Å². The fourth-order valence-corrected chi connectivity index (χ4v) is 2.94. The van der Waals surface area contributed by atoms with Crippen LogP contribution in [0.1, 0.15) is 47.3 Å². The van der Waals surface area contributed by atoms with Crippen LogP contribution in [0.3, 0.4) is 0 Å². The molecule has 0 spiro atoms. The molecule has 3 heterocycles. The van der Waals surface area contributed by atoms with Crippen molar-refractivity contribution in [3.8, 4) is 5.82 Å². The molecular weight excluding hydrogens is 330 g/mol. The Morgan fingerprint density at radius 2 is 1.88 bits per heavy atom. The van der Waals surface area contributed by atoms with Crippen LogP contribution in [0.15, 0.2) is 30.9 Å². The number of carbonyl (C=O) groups excluding carboxylic acids is 1. The van der Waals surface area contributed by atoms with Crippen molar-refractivity contribution in [1.29, 1.82) is 0 Å². The first-order valence-electron chi connectivity index (χ1n) is 8.50. The minimum atomic E-state index is -0.143. The number of aryl methyl sites for hydroxylation is 1. The lowest BCUT2D eigenvalue weighted by Crippen LogP contribution is -2.27. The average molecular weight is 353 g/mol. The number of amides is 1. The average Bonchev–Trinajstić information content (AvgIpc) is 3.25. The molecule has 1 amide bonds. The monoisotopic (exact) mass is 353 g/mol. The van der Waals surface area contributed by atoms with Gasteiger partial charge >= 0.3 is 0 Å². The summed E-state index contributed by atoms with van der Waals surface area (Å²) in [5.41, 5.74) is 3.49. The first-order chi connectivity index (χ1) is 12.4. The molecule has 0 radical (unpaired) electrons. The molecule has 3 aromatic rings. The Hall–Kier alpha value is -3.03. The third kappa shape index (κ3) is 3.35. The molecule has 0 unspecified atom stereocenters. The lowest BCUT2D eigenvalue weighted by Gasteiger charge is -2.18. The van der Waals surface area contributed by atoms with E-state index in [2.05, 4.69) is 34.1 Å². The molecule has 136 valence electrons. The van der Waals surface area contributed by atoms with E-state index in [9.17, 15) is 4.79 Å². The highest BCUT2D eigenvalue weighted by atomic mass is 16.2. The van der Waals surface area contributed by atoms with Crippen LogP contribution in [0.2, 0.25) is 0 Å². The Bertz CT molecular complexity index is 912. The summed E-state index contributed by atoms with van der Waals surface area (Å²) in [4.78, 5) is 18.9. The number of hydrogen-bond donors (Lipinski definition) is 0. The lowest BCUT2D eigenvalue weighted by atomic mass is 10.1. The molecule has 0 fully saturated rings. The van der Waals surface area contributed by atoms with Crippen LogP contribution >= 0.6 is 0 Å². The molecule has 8 nitrogen and oxygen atoms in total. The smallest absolute Gasteiger partial charge is 0.272 e. The number of hydrogen-bond acceptors (Lipinski definition) is 5. The molecule has 0 aromatic carbocycles. The highest BCUT2D eigenvalue weighted by Gasteiger charge is 2.19. The van der Waals surface area contributed by atoms with Crippen molar-refractivity contribution in [1.82, 2.24) is 34.4 Å². The Morgan fingerprint density at radius 1 is 1.19 bits per heavy atom. The Balaban J connectivity index is 1.82. The van der Waals surface area contributed by atoms with E-state index in [1.807, 2.05) is 18.5 Å². The molecule has 0 atom stereocenters. The molecule has 26 heavy (non-hydrogen) atoms. The van der Waals surface area contributed by atoms with Gasteiger partial charge in [0.2, 0.25) is 0 Å². The molecule has 0 bridgehead atoms. The highest BCUT2D eigenvalue weighted by molar-refractivity contribution is 5.92. The number of aromatic nitrogens is 6. The van der Waals surface area contributed by atoms with Gasteiger partial charge in [0.05, 0.1) is 5.69 Å². The van der Waals surface area contributed by atoms with E-state index in [0.29, 0.717) is 18.1 Å². The molecule has 8 heteroatoms. The third-order valence-electron chi connectivity index (χ3n) is 4.34. The summed E-state index contributed by atoms with van der Waals surface area (Å²) in [5.74, 6) is 0.463. The van der Waals surface area contributed by atoms with Gasteiger partial charge in [0.25, 0.3) is 5.91 Å². The van der Waals surface area contributed by atoms with Crippen LogP contribution in [-0.2, 0) is 6.54 Å². The predicted octanol–water partition coefficient (Wildman–Crippen LogP) is 2.33. The van der Waals surface area contributed by atoms with Crippen LogP contribution in [0.25, 0.3) is 5.82 Å². The first kappa shape index (κ1) is 17.8. The second-order valence-corrected chi connectivity index (χ2v) is 6.60. The van der Waals surface area contributed by atoms with E-state index in [1.54, 1.807) is 47.4 Å². The predicted molar refractivity (Wildman–Crippen MR) is 97.0 cm³/mol. The van der Waals surface area contributed by atoms with Gasteiger partial charge < -0.3 is 4.90 Å². The van der Waals surface area contributed by atoms with E-state index in [1.165, 1.54) is 0 Å². The Kier molecular flexibility index (Phi) is 4.83. The zero-order valence-electron chi connectivity index (χ0n) is 15.7. The van der Waals surface area contributed by atoms with Crippen molar-refractivity contribution in [3.63, 3.8) is 0 Å². The van der Waals surface area contributed by atoms with Crippen molar-refractivity contribution in [2.45, 2.75) is 40.3 Å². The van der Waals surface area contributed by atoms with Gasteiger partial charge in [-0.05, 0) is 39.8 Å². The van der Waals surface area contributed by atoms with Gasteiger partial charge in [-0.15, -0.1) is 10.2 Å². The van der Waals surface area contributed by atoms with Crippen LogP contribution in [0, 0.1) is 13.8 Å². The first-order valence-corrected chi connectivity index (χ1v) is 8.50. The molecule has 3 rings (SSSR count). The van der Waals surface area contributed by atoms with E-state index in [-0.39, 0.29) is 11.9 Å². The lowest BCUT2D eigenvalue weighted by molar-refractivity contribution is 0.0779. The topological polar surface area (TPSA) is 81.7 Å². The molecule has 0 aliphatic rings. The summed E-state index contributed by atoms with van der Waals surface area (Å²) in [6.07, 6.45) is 3.10. The number of rotatable bonds is 5. The van der Waals surface area contributed by atoms with Gasteiger partial charge in [-0.1, -0.05) is 6.07 Å². The molecular formula is C18H23N7O. The molecule has 0 N–H and O–H groups in total. The summed E-state index contributed by atoms with van der Waals surface area (Å²) < 4.78 is 3.66. The Morgan fingerprint density at radius 3 is 2.50 bits per heavy atom. The standard InChI is InChI=1S/C18H23N7O/c1-12(2)25-14(4)15(13(3)22-25)9-23(5)18(26)16-7-6-8-17(21-16)24-10-19-20-11-24/h6-8,10-12H,9H2,1-5H3. The van der Waals surface area contributed by atoms with Crippen molar-refractivity contribution in [2.24, 2.45) is 0 Å². The van der Waals surface area contributed by atoms with Gasteiger partial charge in [-0.25, -0.2) is 4.98 Å². The fourth-order valence-electron chi connectivity index (χ4n) is 2.94. The number of nitrogens with zero attached hydrogens (tertiary/aromatic N) is 7. The highest BCUT2D eigenvalue weighted by Crippen LogP contribution is 2.19. The van der Waals surface area contributed by atoms with Crippen LogP contribution in [0.5, 0.6) is 0 Å². The second-order valence-electron chi connectivity index (χ2n) is 6.60. The minimum absolute atomic E-state index is 0.143. The van der Waals surface area contributed by atoms with Crippen molar-refractivity contribution < 1.29 is 4.79 Å². The maximum Gasteiger partial charge on any atom is 0.272 e. The van der Waals surface area contributed by atoms with Gasteiger partial charge in [-0.3, -0.25) is 14.0 Å². The van der Waals surface area contributed by atoms with E-state index in [4.69, 9.17) is 0 Å². The van der Waals surface area contributed by atoms with Crippen molar-refractivity contribution in [2.75, 3.05) is 7.05 Å². The normalized spacial score (nSPS) is 11.2. The van der Waals surface area contributed by atoms with Gasteiger partial charge in [0.1, 0.15) is 24.2 Å².